The lowest BCUT2D eigenvalue weighted by Gasteiger charge is -2.21. The number of hydrogen-bond acceptors (Lipinski definition) is 2. The minimum atomic E-state index is -0.815. The lowest BCUT2D eigenvalue weighted by Crippen LogP contribution is -2.27. The maximum Gasteiger partial charge on any atom is 0.325 e. The SMILES string of the molecule is Cc1ccccc1[C@H](C(=O)O)N(C)C. The third kappa shape index (κ3) is 2.12. The zero-order valence-corrected chi connectivity index (χ0v) is 8.69. The van der Waals surface area contributed by atoms with Crippen molar-refractivity contribution in [1.29, 1.82) is 0 Å². The summed E-state index contributed by atoms with van der Waals surface area (Å²) in [7, 11) is 3.54. The fourth-order valence-electron chi connectivity index (χ4n) is 1.53. The summed E-state index contributed by atoms with van der Waals surface area (Å²) in [4.78, 5) is 12.8. The molecule has 0 saturated heterocycles. The van der Waals surface area contributed by atoms with Gasteiger partial charge in [0.1, 0.15) is 6.04 Å². The summed E-state index contributed by atoms with van der Waals surface area (Å²) in [5.41, 5.74) is 1.86. The average Bonchev–Trinajstić information content (AvgIpc) is 2.07. The molecule has 0 bridgehead atoms. The van der Waals surface area contributed by atoms with Crippen molar-refractivity contribution in [3.63, 3.8) is 0 Å². The van der Waals surface area contributed by atoms with Crippen LogP contribution in [0.25, 0.3) is 0 Å². The van der Waals surface area contributed by atoms with Crippen LogP contribution in [0, 0.1) is 6.92 Å². The number of aliphatic carboxylic acids is 1. The molecular weight excluding hydrogens is 178 g/mol. The summed E-state index contributed by atoms with van der Waals surface area (Å²) < 4.78 is 0. The first-order valence-corrected chi connectivity index (χ1v) is 4.49. The predicted octanol–water partition coefficient (Wildman–Crippen LogP) is 1.68. The molecule has 0 aliphatic rings. The summed E-state index contributed by atoms with van der Waals surface area (Å²) >= 11 is 0. The van der Waals surface area contributed by atoms with E-state index in [0.29, 0.717) is 0 Å². The van der Waals surface area contributed by atoms with E-state index < -0.39 is 12.0 Å². The van der Waals surface area contributed by atoms with Crippen LogP contribution in [-0.4, -0.2) is 30.1 Å². The maximum absolute atomic E-state index is 11.1. The maximum atomic E-state index is 11.1. The van der Waals surface area contributed by atoms with Gasteiger partial charge in [-0.05, 0) is 32.1 Å². The lowest BCUT2D eigenvalue weighted by atomic mass is 10.0. The number of aryl methyl sites for hydroxylation is 1. The molecule has 76 valence electrons. The van der Waals surface area contributed by atoms with Crippen molar-refractivity contribution in [2.45, 2.75) is 13.0 Å². The Morgan fingerprint density at radius 1 is 1.36 bits per heavy atom. The summed E-state index contributed by atoms with van der Waals surface area (Å²) in [5, 5.41) is 9.08. The standard InChI is InChI=1S/C11H15NO2/c1-8-6-4-5-7-9(8)10(11(13)14)12(2)3/h4-7,10H,1-3H3,(H,13,14)/t10-/m1/s1. The number of rotatable bonds is 3. The zero-order chi connectivity index (χ0) is 10.7. The van der Waals surface area contributed by atoms with Gasteiger partial charge in [-0.25, -0.2) is 0 Å². The molecule has 1 atom stereocenters. The van der Waals surface area contributed by atoms with Gasteiger partial charge in [0.25, 0.3) is 0 Å². The first-order valence-electron chi connectivity index (χ1n) is 4.49. The first kappa shape index (κ1) is 10.7. The normalized spacial score (nSPS) is 12.9. The number of benzene rings is 1. The molecule has 1 rings (SSSR count). The van der Waals surface area contributed by atoms with Crippen molar-refractivity contribution in [3.05, 3.63) is 35.4 Å². The summed E-state index contributed by atoms with van der Waals surface area (Å²) in [5.74, 6) is -0.815. The van der Waals surface area contributed by atoms with Crippen LogP contribution >= 0.6 is 0 Å². The van der Waals surface area contributed by atoms with Gasteiger partial charge < -0.3 is 5.11 Å². The van der Waals surface area contributed by atoms with Gasteiger partial charge in [0, 0.05) is 0 Å². The summed E-state index contributed by atoms with van der Waals surface area (Å²) in [6.07, 6.45) is 0. The molecule has 1 N–H and O–H groups in total. The number of carbonyl (C=O) groups is 1. The minimum absolute atomic E-state index is 0.559. The van der Waals surface area contributed by atoms with Crippen LogP contribution in [0.5, 0.6) is 0 Å². The molecular formula is C11H15NO2. The first-order chi connectivity index (χ1) is 6.54. The van der Waals surface area contributed by atoms with E-state index in [1.54, 1.807) is 19.0 Å². The van der Waals surface area contributed by atoms with Crippen LogP contribution in [0.2, 0.25) is 0 Å². The predicted molar refractivity (Wildman–Crippen MR) is 55.2 cm³/mol. The van der Waals surface area contributed by atoms with Crippen molar-refractivity contribution >= 4 is 5.97 Å². The number of hydrogen-bond donors (Lipinski definition) is 1. The van der Waals surface area contributed by atoms with Gasteiger partial charge >= 0.3 is 5.97 Å². The Labute approximate surface area is 84.0 Å². The Morgan fingerprint density at radius 3 is 2.36 bits per heavy atom. The fourth-order valence-corrected chi connectivity index (χ4v) is 1.53. The molecule has 1 aromatic carbocycles. The van der Waals surface area contributed by atoms with Gasteiger partial charge in [0.05, 0.1) is 0 Å². The van der Waals surface area contributed by atoms with E-state index in [1.807, 2.05) is 31.2 Å². The molecule has 0 aromatic heterocycles. The number of carboxylic acids is 1. The molecule has 1 aromatic rings. The van der Waals surface area contributed by atoms with E-state index in [9.17, 15) is 4.79 Å². The molecule has 0 spiro atoms. The Morgan fingerprint density at radius 2 is 1.93 bits per heavy atom. The van der Waals surface area contributed by atoms with Gasteiger partial charge in [-0.2, -0.15) is 0 Å². The molecule has 3 heteroatoms. The molecule has 0 aliphatic carbocycles. The second kappa shape index (κ2) is 4.24. The highest BCUT2D eigenvalue weighted by Crippen LogP contribution is 2.21. The smallest absolute Gasteiger partial charge is 0.325 e. The quantitative estimate of drug-likeness (QED) is 0.794. The Kier molecular flexibility index (Phi) is 3.25. The van der Waals surface area contributed by atoms with Crippen LogP contribution in [0.4, 0.5) is 0 Å². The average molecular weight is 193 g/mol. The highest BCUT2D eigenvalue weighted by atomic mass is 16.4. The molecule has 3 nitrogen and oxygen atoms in total. The molecule has 0 unspecified atom stereocenters. The minimum Gasteiger partial charge on any atom is -0.480 e. The lowest BCUT2D eigenvalue weighted by molar-refractivity contribution is -0.142. The second-order valence-electron chi connectivity index (χ2n) is 3.56. The fraction of sp³-hybridized carbons (Fsp3) is 0.364. The van der Waals surface area contributed by atoms with Gasteiger partial charge in [0.15, 0.2) is 0 Å². The second-order valence-corrected chi connectivity index (χ2v) is 3.56. The van der Waals surface area contributed by atoms with Crippen LogP contribution < -0.4 is 0 Å². The molecule has 0 heterocycles. The van der Waals surface area contributed by atoms with E-state index >= 15 is 0 Å². The number of nitrogens with zero attached hydrogens (tertiary/aromatic N) is 1. The van der Waals surface area contributed by atoms with Crippen molar-refractivity contribution in [3.8, 4) is 0 Å². The van der Waals surface area contributed by atoms with Crippen molar-refractivity contribution in [1.82, 2.24) is 4.90 Å². The molecule has 14 heavy (non-hydrogen) atoms. The van der Waals surface area contributed by atoms with E-state index in [0.717, 1.165) is 11.1 Å². The van der Waals surface area contributed by atoms with Crippen LogP contribution in [-0.2, 0) is 4.79 Å². The van der Waals surface area contributed by atoms with Crippen LogP contribution in [0.15, 0.2) is 24.3 Å². The van der Waals surface area contributed by atoms with Crippen molar-refractivity contribution in [2.24, 2.45) is 0 Å². The topological polar surface area (TPSA) is 40.5 Å². The summed E-state index contributed by atoms with van der Waals surface area (Å²) in [6, 6.07) is 6.99. The molecule has 0 amide bonds. The summed E-state index contributed by atoms with van der Waals surface area (Å²) in [6.45, 7) is 1.93. The third-order valence-corrected chi connectivity index (χ3v) is 2.23. The third-order valence-electron chi connectivity index (χ3n) is 2.23. The van der Waals surface area contributed by atoms with E-state index in [4.69, 9.17) is 5.11 Å². The van der Waals surface area contributed by atoms with E-state index in [1.165, 1.54) is 0 Å². The number of likely N-dealkylation sites (N-methyl/N-ethyl adjacent to an activating group) is 1. The van der Waals surface area contributed by atoms with E-state index in [2.05, 4.69) is 0 Å². The van der Waals surface area contributed by atoms with Crippen LogP contribution in [0.3, 0.4) is 0 Å². The Balaban J connectivity index is 3.12. The van der Waals surface area contributed by atoms with Gasteiger partial charge in [-0.1, -0.05) is 24.3 Å². The van der Waals surface area contributed by atoms with Gasteiger partial charge in [-0.15, -0.1) is 0 Å². The van der Waals surface area contributed by atoms with Gasteiger partial charge in [0.2, 0.25) is 0 Å². The largest absolute Gasteiger partial charge is 0.480 e. The zero-order valence-electron chi connectivity index (χ0n) is 8.69. The molecule has 0 radical (unpaired) electrons. The van der Waals surface area contributed by atoms with E-state index in [-0.39, 0.29) is 0 Å². The number of carboxylic acid groups (broad SMARTS) is 1. The van der Waals surface area contributed by atoms with Crippen molar-refractivity contribution < 1.29 is 9.90 Å². The Hall–Kier alpha value is -1.35. The van der Waals surface area contributed by atoms with Crippen molar-refractivity contribution in [2.75, 3.05) is 14.1 Å². The highest BCUT2D eigenvalue weighted by molar-refractivity contribution is 5.76. The van der Waals surface area contributed by atoms with Gasteiger partial charge in [-0.3, -0.25) is 9.69 Å². The van der Waals surface area contributed by atoms with Crippen LogP contribution in [0.1, 0.15) is 17.2 Å². The highest BCUT2D eigenvalue weighted by Gasteiger charge is 2.22. The molecule has 0 aliphatic heterocycles. The molecule has 0 fully saturated rings. The monoisotopic (exact) mass is 193 g/mol. The molecule has 0 saturated carbocycles. The Bertz CT molecular complexity index is 334.